The lowest BCUT2D eigenvalue weighted by Gasteiger charge is -2.16. The highest BCUT2D eigenvalue weighted by Crippen LogP contribution is 2.26. The Labute approximate surface area is 94.4 Å². The second-order valence-electron chi connectivity index (χ2n) is 3.07. The van der Waals surface area contributed by atoms with Gasteiger partial charge in [-0.05, 0) is 22.4 Å². The van der Waals surface area contributed by atoms with Gasteiger partial charge in [0.05, 0.1) is 16.5 Å². The molecule has 0 atom stereocenters. The Bertz CT molecular complexity index is 341. The maximum Gasteiger partial charge on any atom is 0.239 e. The van der Waals surface area contributed by atoms with Gasteiger partial charge in [-0.15, -0.1) is 0 Å². The van der Waals surface area contributed by atoms with Crippen LogP contribution in [0.15, 0.2) is 9.98 Å². The smallest absolute Gasteiger partial charge is 0.239 e. The van der Waals surface area contributed by atoms with Crippen molar-refractivity contribution in [3.05, 3.63) is 9.98 Å². The van der Waals surface area contributed by atoms with Gasteiger partial charge in [0.25, 0.3) is 0 Å². The van der Waals surface area contributed by atoms with Crippen molar-refractivity contribution in [2.45, 2.75) is 6.42 Å². The fourth-order valence-electron chi connectivity index (χ4n) is 1.36. The van der Waals surface area contributed by atoms with Crippen LogP contribution in [0.4, 0.5) is 5.13 Å². The molecule has 1 fully saturated rings. The molecule has 14 heavy (non-hydrogen) atoms. The molecule has 1 N–H and O–H groups in total. The van der Waals surface area contributed by atoms with Crippen LogP contribution in [0.2, 0.25) is 0 Å². The van der Waals surface area contributed by atoms with Gasteiger partial charge < -0.3 is 10.2 Å². The number of carbonyl (C=O) groups excluding carboxylic acids is 1. The summed E-state index contributed by atoms with van der Waals surface area (Å²) in [5, 5.41) is 3.75. The molecule has 2 rings (SSSR count). The van der Waals surface area contributed by atoms with Gasteiger partial charge in [0, 0.05) is 13.1 Å². The number of thiazole rings is 1. The quantitative estimate of drug-likeness (QED) is 0.839. The van der Waals surface area contributed by atoms with E-state index in [1.807, 2.05) is 4.90 Å². The Morgan fingerprint density at radius 1 is 1.64 bits per heavy atom. The third-order valence-corrected chi connectivity index (χ3v) is 3.53. The van der Waals surface area contributed by atoms with E-state index in [-0.39, 0.29) is 5.91 Å². The van der Waals surface area contributed by atoms with Crippen LogP contribution in [0.3, 0.4) is 0 Å². The minimum Gasteiger partial charge on any atom is -0.354 e. The molecule has 6 heteroatoms. The Morgan fingerprint density at radius 3 is 3.21 bits per heavy atom. The number of anilines is 1. The van der Waals surface area contributed by atoms with Crippen molar-refractivity contribution < 1.29 is 4.79 Å². The number of halogens is 1. The topological polar surface area (TPSA) is 45.2 Å². The first-order chi connectivity index (χ1) is 6.75. The number of hydrogen-bond donors (Lipinski definition) is 1. The zero-order valence-corrected chi connectivity index (χ0v) is 9.90. The van der Waals surface area contributed by atoms with Crippen LogP contribution < -0.4 is 10.2 Å². The Hall–Kier alpha value is -0.620. The van der Waals surface area contributed by atoms with Crippen molar-refractivity contribution in [1.29, 1.82) is 0 Å². The highest BCUT2D eigenvalue weighted by atomic mass is 79.9. The first kappa shape index (κ1) is 9.92. The van der Waals surface area contributed by atoms with E-state index < -0.39 is 0 Å². The molecule has 1 aliphatic rings. The van der Waals surface area contributed by atoms with E-state index in [1.165, 1.54) is 0 Å². The van der Waals surface area contributed by atoms with Crippen LogP contribution in [0.1, 0.15) is 6.42 Å². The number of rotatable bonds is 1. The number of hydrogen-bond acceptors (Lipinski definition) is 4. The van der Waals surface area contributed by atoms with Crippen LogP contribution in [0, 0.1) is 0 Å². The van der Waals surface area contributed by atoms with E-state index in [9.17, 15) is 4.79 Å². The van der Waals surface area contributed by atoms with E-state index in [4.69, 9.17) is 0 Å². The molecule has 0 spiro atoms. The third kappa shape index (κ3) is 2.24. The number of nitrogens with zero attached hydrogens (tertiary/aromatic N) is 2. The molecule has 1 amide bonds. The molecule has 0 saturated carbocycles. The summed E-state index contributed by atoms with van der Waals surface area (Å²) in [6.45, 7) is 2.07. The van der Waals surface area contributed by atoms with Crippen molar-refractivity contribution in [2.24, 2.45) is 0 Å². The number of carbonyl (C=O) groups is 1. The zero-order valence-electron chi connectivity index (χ0n) is 7.49. The molecule has 0 radical (unpaired) electrons. The Kier molecular flexibility index (Phi) is 3.02. The molecule has 76 valence electrons. The van der Waals surface area contributed by atoms with E-state index in [0.29, 0.717) is 6.54 Å². The average molecular weight is 276 g/mol. The highest BCUT2D eigenvalue weighted by molar-refractivity contribution is 9.11. The van der Waals surface area contributed by atoms with Crippen LogP contribution in [0.25, 0.3) is 0 Å². The lowest BCUT2D eigenvalue weighted by molar-refractivity contribution is -0.119. The highest BCUT2D eigenvalue weighted by Gasteiger charge is 2.17. The molecule has 2 heterocycles. The molecule has 4 nitrogen and oxygen atoms in total. The molecule has 1 aliphatic heterocycles. The second-order valence-corrected chi connectivity index (χ2v) is 5.46. The fraction of sp³-hybridized carbons (Fsp3) is 0.500. The molecule has 1 aromatic heterocycles. The Morgan fingerprint density at radius 2 is 2.50 bits per heavy atom. The monoisotopic (exact) mass is 275 g/mol. The van der Waals surface area contributed by atoms with Crippen molar-refractivity contribution in [3.8, 4) is 0 Å². The molecular weight excluding hydrogens is 266 g/mol. The molecule has 1 aromatic rings. The van der Waals surface area contributed by atoms with Gasteiger partial charge in [-0.25, -0.2) is 4.98 Å². The predicted molar refractivity (Wildman–Crippen MR) is 59.7 cm³/mol. The zero-order chi connectivity index (χ0) is 9.97. The summed E-state index contributed by atoms with van der Waals surface area (Å²) in [6, 6.07) is 0. The SMILES string of the molecule is O=C1CN(c2ncc(Br)s2)CCCN1. The molecule has 0 bridgehead atoms. The normalized spacial score (nSPS) is 17.8. The van der Waals surface area contributed by atoms with E-state index in [1.54, 1.807) is 17.5 Å². The van der Waals surface area contributed by atoms with E-state index >= 15 is 0 Å². The van der Waals surface area contributed by atoms with Gasteiger partial charge in [-0.2, -0.15) is 0 Å². The molecular formula is C8H10BrN3OS. The largest absolute Gasteiger partial charge is 0.354 e. The maximum atomic E-state index is 11.3. The first-order valence-electron chi connectivity index (χ1n) is 4.39. The fourth-order valence-corrected chi connectivity index (χ4v) is 2.57. The lowest BCUT2D eigenvalue weighted by atomic mass is 10.4. The van der Waals surface area contributed by atoms with E-state index in [2.05, 4.69) is 26.2 Å². The summed E-state index contributed by atoms with van der Waals surface area (Å²) in [6.07, 6.45) is 2.74. The van der Waals surface area contributed by atoms with Crippen molar-refractivity contribution >= 4 is 38.3 Å². The van der Waals surface area contributed by atoms with Gasteiger partial charge >= 0.3 is 0 Å². The van der Waals surface area contributed by atoms with E-state index in [0.717, 1.165) is 28.4 Å². The molecule has 0 aromatic carbocycles. The summed E-state index contributed by atoms with van der Waals surface area (Å²) < 4.78 is 0.997. The summed E-state index contributed by atoms with van der Waals surface area (Å²) >= 11 is 4.92. The van der Waals surface area contributed by atoms with Crippen molar-refractivity contribution in [2.75, 3.05) is 24.5 Å². The van der Waals surface area contributed by atoms with Crippen LogP contribution in [-0.4, -0.2) is 30.5 Å². The predicted octanol–water partition coefficient (Wildman–Crippen LogP) is 1.23. The number of nitrogens with one attached hydrogen (secondary N) is 1. The van der Waals surface area contributed by atoms with Crippen molar-refractivity contribution in [1.82, 2.24) is 10.3 Å². The number of amides is 1. The maximum absolute atomic E-state index is 11.3. The first-order valence-corrected chi connectivity index (χ1v) is 5.99. The van der Waals surface area contributed by atoms with Gasteiger partial charge in [0.15, 0.2) is 5.13 Å². The minimum atomic E-state index is 0.0776. The van der Waals surface area contributed by atoms with Crippen LogP contribution in [-0.2, 0) is 4.79 Å². The molecule has 0 unspecified atom stereocenters. The van der Waals surface area contributed by atoms with Crippen molar-refractivity contribution in [3.63, 3.8) is 0 Å². The number of aromatic nitrogens is 1. The second kappa shape index (κ2) is 4.27. The van der Waals surface area contributed by atoms with Gasteiger partial charge in [0.1, 0.15) is 0 Å². The third-order valence-electron chi connectivity index (χ3n) is 2.00. The van der Waals surface area contributed by atoms with Gasteiger partial charge in [-0.1, -0.05) is 11.3 Å². The van der Waals surface area contributed by atoms with Gasteiger partial charge in [-0.3, -0.25) is 4.79 Å². The Balaban J connectivity index is 2.12. The molecule has 1 saturated heterocycles. The summed E-state index contributed by atoms with van der Waals surface area (Å²) in [7, 11) is 0. The summed E-state index contributed by atoms with van der Waals surface area (Å²) in [4.78, 5) is 17.5. The standard InChI is InChI=1S/C8H10BrN3OS/c9-6-4-11-8(14-6)12-3-1-2-10-7(13)5-12/h4H,1-3,5H2,(H,10,13). The summed E-state index contributed by atoms with van der Waals surface area (Å²) in [5.41, 5.74) is 0. The van der Waals surface area contributed by atoms with Crippen LogP contribution in [0.5, 0.6) is 0 Å². The minimum absolute atomic E-state index is 0.0776. The summed E-state index contributed by atoms with van der Waals surface area (Å²) in [5.74, 6) is 0.0776. The van der Waals surface area contributed by atoms with Gasteiger partial charge in [0.2, 0.25) is 5.91 Å². The molecule has 0 aliphatic carbocycles. The average Bonchev–Trinajstić information content (AvgIpc) is 2.45. The lowest BCUT2D eigenvalue weighted by Crippen LogP contribution is -2.32. The van der Waals surface area contributed by atoms with Crippen LogP contribution >= 0.6 is 27.3 Å².